The number of carbonyl (C=O) groups excluding carboxylic acids is 2. The van der Waals surface area contributed by atoms with Gasteiger partial charge in [0.1, 0.15) is 11.6 Å². The molecule has 0 spiro atoms. The maximum atomic E-state index is 12.7. The molecule has 0 aromatic heterocycles. The largest absolute Gasteiger partial charge is 0.504 e. The summed E-state index contributed by atoms with van der Waals surface area (Å²) in [4.78, 5) is 25.5. The minimum absolute atomic E-state index is 0.0575. The van der Waals surface area contributed by atoms with Gasteiger partial charge in [0, 0.05) is 25.7 Å². The minimum Gasteiger partial charge on any atom is -0.504 e. The Labute approximate surface area is 250 Å². The number of aliphatic hydroxyl groups is 2. The van der Waals surface area contributed by atoms with E-state index in [-0.39, 0.29) is 60.2 Å². The van der Waals surface area contributed by atoms with Crippen LogP contribution in [-0.4, -0.2) is 58.4 Å². The second kappa shape index (κ2) is 18.4. The van der Waals surface area contributed by atoms with Crippen LogP contribution >= 0.6 is 0 Å². The molecule has 8 heteroatoms. The molecule has 0 aliphatic carbocycles. The van der Waals surface area contributed by atoms with Gasteiger partial charge in [-0.25, -0.2) is 0 Å². The summed E-state index contributed by atoms with van der Waals surface area (Å²) in [6.45, 7) is 4.18. The van der Waals surface area contributed by atoms with Gasteiger partial charge in [-0.15, -0.1) is 0 Å². The highest BCUT2D eigenvalue weighted by Gasteiger charge is 2.20. The molecule has 4 N–H and O–H groups in total. The van der Waals surface area contributed by atoms with Gasteiger partial charge in [0.05, 0.1) is 26.4 Å². The van der Waals surface area contributed by atoms with E-state index in [1.54, 1.807) is 24.3 Å². The van der Waals surface area contributed by atoms with Gasteiger partial charge in [-0.1, -0.05) is 52.4 Å². The summed E-state index contributed by atoms with van der Waals surface area (Å²) in [5.41, 5.74) is 2.65. The number of aliphatic hydroxyl groups excluding tert-OH is 2. The van der Waals surface area contributed by atoms with Crippen molar-refractivity contribution in [2.75, 3.05) is 14.2 Å². The fourth-order valence-corrected chi connectivity index (χ4v) is 5.21. The Balaban J connectivity index is 2.31. The maximum Gasteiger partial charge on any atom is 0.160 e. The molecule has 0 radical (unpaired) electrons. The van der Waals surface area contributed by atoms with E-state index in [9.17, 15) is 30.0 Å². The van der Waals surface area contributed by atoms with Crippen molar-refractivity contribution in [1.82, 2.24) is 0 Å². The summed E-state index contributed by atoms with van der Waals surface area (Å²) < 4.78 is 10.7. The Hall–Kier alpha value is -3.10. The van der Waals surface area contributed by atoms with Crippen molar-refractivity contribution < 1.29 is 39.5 Å². The van der Waals surface area contributed by atoms with Gasteiger partial charge >= 0.3 is 0 Å². The molecule has 0 aliphatic heterocycles. The van der Waals surface area contributed by atoms with Crippen molar-refractivity contribution in [3.05, 3.63) is 35.4 Å². The zero-order chi connectivity index (χ0) is 31.1. The number of Topliss-reactive ketones (excluding diaryl/α,β-unsaturated/α-hetero) is 2. The maximum absolute atomic E-state index is 12.7. The number of benzene rings is 2. The predicted molar refractivity (Wildman–Crippen MR) is 164 cm³/mol. The van der Waals surface area contributed by atoms with Crippen LogP contribution in [0.1, 0.15) is 102 Å². The second-order valence-electron chi connectivity index (χ2n) is 11.1. The topological polar surface area (TPSA) is 134 Å². The van der Waals surface area contributed by atoms with E-state index in [1.165, 1.54) is 14.2 Å². The molecule has 0 saturated heterocycles. The molecule has 0 saturated carbocycles. The quantitative estimate of drug-likeness (QED) is 0.123. The SMILES string of the molecule is CCCCC[C@H](O)CC(=O)CCc1cc(OC)c(O)cc1-c1cc(O)c(OC)cc1CCC(=O)C[C@@H](O)CCCCC. The number of aromatic hydroxyl groups is 2. The molecule has 2 rings (SSSR count). The highest BCUT2D eigenvalue weighted by atomic mass is 16.5. The third-order valence-electron chi connectivity index (χ3n) is 7.65. The Bertz CT molecular complexity index is 1050. The van der Waals surface area contributed by atoms with Crippen LogP contribution in [0.2, 0.25) is 0 Å². The van der Waals surface area contributed by atoms with Crippen LogP contribution in [0.15, 0.2) is 24.3 Å². The van der Waals surface area contributed by atoms with E-state index >= 15 is 0 Å². The number of phenols is 2. The first-order valence-electron chi connectivity index (χ1n) is 15.3. The number of hydrogen-bond acceptors (Lipinski definition) is 8. The van der Waals surface area contributed by atoms with E-state index in [0.717, 1.165) is 49.7 Å². The van der Waals surface area contributed by atoms with Crippen LogP contribution in [0.3, 0.4) is 0 Å². The van der Waals surface area contributed by atoms with Crippen LogP contribution in [0.4, 0.5) is 0 Å². The fraction of sp³-hybridized carbons (Fsp3) is 0.588. The Morgan fingerprint density at radius 1 is 0.667 bits per heavy atom. The standard InChI is InChI=1S/C34H50O8/c1-5-7-9-11-25(35)19-27(37)15-13-23-17-33(41-3)31(39)21-29(23)30-22-32(40)34(42-4)18-24(30)14-16-28(38)20-26(36)12-10-8-6-2/h17-18,21-22,25-26,35-36,39-40H,5-16,19-20H2,1-4H3/t25-,26-/m0/s1. The summed E-state index contributed by atoms with van der Waals surface area (Å²) in [5.74, 6) is 0.207. The first-order chi connectivity index (χ1) is 20.1. The molecule has 8 nitrogen and oxygen atoms in total. The minimum atomic E-state index is -0.661. The lowest BCUT2D eigenvalue weighted by Crippen LogP contribution is -2.14. The van der Waals surface area contributed by atoms with E-state index < -0.39 is 12.2 Å². The number of ketones is 2. The van der Waals surface area contributed by atoms with Crippen molar-refractivity contribution in [3.8, 4) is 34.1 Å². The molecule has 234 valence electrons. The van der Waals surface area contributed by atoms with E-state index in [2.05, 4.69) is 13.8 Å². The van der Waals surface area contributed by atoms with Crippen molar-refractivity contribution >= 4 is 11.6 Å². The Morgan fingerprint density at radius 3 is 1.38 bits per heavy atom. The molecule has 0 aliphatic rings. The monoisotopic (exact) mass is 586 g/mol. The number of hydrogen-bond donors (Lipinski definition) is 4. The Morgan fingerprint density at radius 2 is 1.05 bits per heavy atom. The van der Waals surface area contributed by atoms with Crippen molar-refractivity contribution in [1.29, 1.82) is 0 Å². The van der Waals surface area contributed by atoms with Gasteiger partial charge in [-0.05, 0) is 72.2 Å². The van der Waals surface area contributed by atoms with Gasteiger partial charge in [-0.2, -0.15) is 0 Å². The fourth-order valence-electron chi connectivity index (χ4n) is 5.21. The summed E-state index contributed by atoms with van der Waals surface area (Å²) in [6.07, 6.45) is 7.01. The molecule has 0 bridgehead atoms. The summed E-state index contributed by atoms with van der Waals surface area (Å²) in [7, 11) is 2.90. The molecular weight excluding hydrogens is 536 g/mol. The zero-order valence-corrected chi connectivity index (χ0v) is 25.8. The highest BCUT2D eigenvalue weighted by Crippen LogP contribution is 2.41. The van der Waals surface area contributed by atoms with Crippen molar-refractivity contribution in [2.45, 2.75) is 116 Å². The third-order valence-corrected chi connectivity index (χ3v) is 7.65. The van der Waals surface area contributed by atoms with E-state index in [0.29, 0.717) is 36.8 Å². The van der Waals surface area contributed by atoms with Crippen LogP contribution < -0.4 is 9.47 Å². The third kappa shape index (κ3) is 11.3. The number of unbranched alkanes of at least 4 members (excludes halogenated alkanes) is 4. The predicted octanol–water partition coefficient (Wildman–Crippen LogP) is 6.45. The number of carbonyl (C=O) groups is 2. The van der Waals surface area contributed by atoms with Gasteiger partial charge in [-0.3, -0.25) is 9.59 Å². The summed E-state index contributed by atoms with van der Waals surface area (Å²) >= 11 is 0. The average molecular weight is 587 g/mol. The van der Waals surface area contributed by atoms with Gasteiger partial charge in [0.15, 0.2) is 23.0 Å². The van der Waals surface area contributed by atoms with Crippen LogP contribution in [0, 0.1) is 0 Å². The molecular formula is C34H50O8. The molecule has 0 amide bonds. The number of rotatable bonds is 21. The first kappa shape index (κ1) is 35.1. The molecule has 0 heterocycles. The highest BCUT2D eigenvalue weighted by molar-refractivity contribution is 5.82. The number of ether oxygens (including phenoxy) is 2. The lowest BCUT2D eigenvalue weighted by atomic mass is 9.89. The van der Waals surface area contributed by atoms with Crippen LogP contribution in [0.25, 0.3) is 11.1 Å². The summed E-state index contributed by atoms with van der Waals surface area (Å²) in [5, 5.41) is 41.8. The number of methoxy groups -OCH3 is 2. The molecule has 0 unspecified atom stereocenters. The first-order valence-corrected chi connectivity index (χ1v) is 15.3. The molecule has 2 aromatic carbocycles. The number of phenolic OH excluding ortho intramolecular Hbond substituents is 2. The van der Waals surface area contributed by atoms with Gasteiger partial charge in [0.2, 0.25) is 0 Å². The second-order valence-corrected chi connectivity index (χ2v) is 11.1. The van der Waals surface area contributed by atoms with Crippen molar-refractivity contribution in [3.63, 3.8) is 0 Å². The van der Waals surface area contributed by atoms with Crippen molar-refractivity contribution in [2.24, 2.45) is 0 Å². The molecule has 2 aromatic rings. The average Bonchev–Trinajstić information content (AvgIpc) is 2.95. The van der Waals surface area contributed by atoms with Gasteiger partial charge < -0.3 is 29.9 Å². The lowest BCUT2D eigenvalue weighted by molar-refractivity contribution is -0.121. The number of aryl methyl sites for hydroxylation is 2. The zero-order valence-electron chi connectivity index (χ0n) is 25.8. The summed E-state index contributed by atoms with van der Waals surface area (Å²) in [6, 6.07) is 6.45. The van der Waals surface area contributed by atoms with Crippen LogP contribution in [-0.2, 0) is 22.4 Å². The smallest absolute Gasteiger partial charge is 0.160 e. The van der Waals surface area contributed by atoms with Gasteiger partial charge in [0.25, 0.3) is 0 Å². The van der Waals surface area contributed by atoms with E-state index in [4.69, 9.17) is 9.47 Å². The molecule has 2 atom stereocenters. The lowest BCUT2D eigenvalue weighted by Gasteiger charge is -2.18. The normalized spacial score (nSPS) is 12.6. The van der Waals surface area contributed by atoms with Crippen LogP contribution in [0.5, 0.6) is 23.0 Å². The molecule has 42 heavy (non-hydrogen) atoms. The van der Waals surface area contributed by atoms with E-state index in [1.807, 2.05) is 0 Å². The Kier molecular flexibility index (Phi) is 15.4. The molecule has 0 fully saturated rings.